The summed E-state index contributed by atoms with van der Waals surface area (Å²) < 4.78 is 0. The molecule has 0 aliphatic rings. The highest BCUT2D eigenvalue weighted by Crippen LogP contribution is 2.24. The van der Waals surface area contributed by atoms with Crippen LogP contribution in [0.15, 0.2) is 24.3 Å². The number of benzene rings is 1. The summed E-state index contributed by atoms with van der Waals surface area (Å²) in [5, 5.41) is 12.0. The Kier molecular flexibility index (Phi) is 5.31. The Hall–Kier alpha value is -1.84. The number of hydrogen-bond acceptors (Lipinski definition) is 2. The maximum absolute atomic E-state index is 12.0. The van der Waals surface area contributed by atoms with Crippen molar-refractivity contribution < 1.29 is 14.7 Å². The molecule has 4 heteroatoms. The predicted molar refractivity (Wildman–Crippen MR) is 78.7 cm³/mol. The minimum absolute atomic E-state index is 0.0158. The Bertz CT molecular complexity index is 492. The molecule has 4 nitrogen and oxygen atoms in total. The molecule has 0 aromatic heterocycles. The van der Waals surface area contributed by atoms with E-state index in [1.165, 1.54) is 6.07 Å². The third-order valence-electron chi connectivity index (χ3n) is 3.90. The van der Waals surface area contributed by atoms with Crippen molar-refractivity contribution in [1.82, 2.24) is 5.32 Å². The Morgan fingerprint density at radius 2 is 1.85 bits per heavy atom. The smallest absolute Gasteiger partial charge is 0.335 e. The van der Waals surface area contributed by atoms with E-state index >= 15 is 0 Å². The second kappa shape index (κ2) is 6.55. The standard InChI is InChI=1S/C16H23NO3/c1-11(2)16(3,4)10-17-14(18)9-12-7-5-6-8-13(12)15(19)20/h5-8,11H,9-10H2,1-4H3,(H,17,18)(H,19,20). The highest BCUT2D eigenvalue weighted by molar-refractivity contribution is 5.91. The molecule has 0 atom stereocenters. The van der Waals surface area contributed by atoms with Gasteiger partial charge < -0.3 is 10.4 Å². The van der Waals surface area contributed by atoms with Gasteiger partial charge in [0.25, 0.3) is 0 Å². The van der Waals surface area contributed by atoms with Crippen LogP contribution >= 0.6 is 0 Å². The predicted octanol–water partition coefficient (Wildman–Crippen LogP) is 2.73. The SMILES string of the molecule is CC(C)C(C)(C)CNC(=O)Cc1ccccc1C(=O)O. The van der Waals surface area contributed by atoms with Gasteiger partial charge in [-0.3, -0.25) is 4.79 Å². The number of nitrogens with one attached hydrogen (secondary N) is 1. The van der Waals surface area contributed by atoms with Gasteiger partial charge in [0.05, 0.1) is 12.0 Å². The minimum Gasteiger partial charge on any atom is -0.478 e. The van der Waals surface area contributed by atoms with Crippen molar-refractivity contribution in [3.8, 4) is 0 Å². The van der Waals surface area contributed by atoms with Gasteiger partial charge in [-0.05, 0) is 23.0 Å². The van der Waals surface area contributed by atoms with Gasteiger partial charge in [-0.1, -0.05) is 45.9 Å². The Balaban J connectivity index is 2.66. The van der Waals surface area contributed by atoms with Gasteiger partial charge >= 0.3 is 5.97 Å². The van der Waals surface area contributed by atoms with E-state index in [1.54, 1.807) is 18.2 Å². The second-order valence-electron chi connectivity index (χ2n) is 6.06. The summed E-state index contributed by atoms with van der Waals surface area (Å²) in [5.41, 5.74) is 0.743. The number of amides is 1. The van der Waals surface area contributed by atoms with E-state index in [-0.39, 0.29) is 23.3 Å². The topological polar surface area (TPSA) is 66.4 Å². The molecule has 0 saturated heterocycles. The summed E-state index contributed by atoms with van der Waals surface area (Å²) in [5.74, 6) is -0.697. The fraction of sp³-hybridized carbons (Fsp3) is 0.500. The fourth-order valence-corrected chi connectivity index (χ4v) is 1.65. The lowest BCUT2D eigenvalue weighted by molar-refractivity contribution is -0.121. The van der Waals surface area contributed by atoms with E-state index in [4.69, 9.17) is 5.11 Å². The lowest BCUT2D eigenvalue weighted by atomic mass is 9.81. The first kappa shape index (κ1) is 16.2. The summed E-state index contributed by atoms with van der Waals surface area (Å²) in [6.45, 7) is 9.02. The van der Waals surface area contributed by atoms with E-state index in [1.807, 2.05) is 0 Å². The molecule has 0 bridgehead atoms. The van der Waals surface area contributed by atoms with Crippen molar-refractivity contribution in [1.29, 1.82) is 0 Å². The van der Waals surface area contributed by atoms with Crippen LogP contribution in [-0.2, 0) is 11.2 Å². The zero-order chi connectivity index (χ0) is 15.3. The highest BCUT2D eigenvalue weighted by atomic mass is 16.4. The molecule has 0 radical (unpaired) electrons. The molecule has 0 aliphatic heterocycles. The zero-order valence-electron chi connectivity index (χ0n) is 12.6. The number of aromatic carboxylic acids is 1. The second-order valence-corrected chi connectivity index (χ2v) is 6.06. The molecular formula is C16H23NO3. The summed E-state index contributed by atoms with van der Waals surface area (Å²) >= 11 is 0. The molecule has 1 rings (SSSR count). The quantitative estimate of drug-likeness (QED) is 0.840. The molecule has 0 aliphatic carbocycles. The molecule has 1 aromatic rings. The van der Waals surface area contributed by atoms with Gasteiger partial charge in [0.1, 0.15) is 0 Å². The van der Waals surface area contributed by atoms with Crippen LogP contribution < -0.4 is 5.32 Å². The van der Waals surface area contributed by atoms with E-state index < -0.39 is 5.97 Å². The van der Waals surface area contributed by atoms with Gasteiger partial charge in [-0.25, -0.2) is 4.79 Å². The van der Waals surface area contributed by atoms with Gasteiger partial charge in [0, 0.05) is 6.54 Å². The van der Waals surface area contributed by atoms with Crippen molar-refractivity contribution in [2.45, 2.75) is 34.1 Å². The molecule has 0 heterocycles. The monoisotopic (exact) mass is 277 g/mol. The largest absolute Gasteiger partial charge is 0.478 e. The van der Waals surface area contributed by atoms with Gasteiger partial charge in [0.15, 0.2) is 0 Å². The lowest BCUT2D eigenvalue weighted by Gasteiger charge is -2.29. The van der Waals surface area contributed by atoms with Crippen LogP contribution in [0, 0.1) is 11.3 Å². The number of carboxylic acids is 1. The summed E-state index contributed by atoms with van der Waals surface area (Å²) in [4.78, 5) is 23.0. The van der Waals surface area contributed by atoms with Crippen LogP contribution in [-0.4, -0.2) is 23.5 Å². The average Bonchev–Trinajstić information content (AvgIpc) is 2.36. The van der Waals surface area contributed by atoms with Crippen LogP contribution in [0.2, 0.25) is 0 Å². The summed E-state index contributed by atoms with van der Waals surface area (Å²) in [6, 6.07) is 6.60. The average molecular weight is 277 g/mol. The van der Waals surface area contributed by atoms with Crippen molar-refractivity contribution in [2.24, 2.45) is 11.3 Å². The number of carboxylic acid groups (broad SMARTS) is 1. The molecule has 20 heavy (non-hydrogen) atoms. The molecule has 0 unspecified atom stereocenters. The van der Waals surface area contributed by atoms with Crippen LogP contribution in [0.1, 0.15) is 43.6 Å². The van der Waals surface area contributed by atoms with E-state index in [9.17, 15) is 9.59 Å². The van der Waals surface area contributed by atoms with E-state index in [0.29, 0.717) is 18.0 Å². The fourth-order valence-electron chi connectivity index (χ4n) is 1.65. The zero-order valence-corrected chi connectivity index (χ0v) is 12.6. The molecule has 1 aromatic carbocycles. The number of carbonyl (C=O) groups excluding carboxylic acids is 1. The normalized spacial score (nSPS) is 11.4. The number of rotatable bonds is 6. The maximum Gasteiger partial charge on any atom is 0.335 e. The van der Waals surface area contributed by atoms with Crippen molar-refractivity contribution in [3.05, 3.63) is 35.4 Å². The summed E-state index contributed by atoms with van der Waals surface area (Å²) in [6.07, 6.45) is 0.0939. The van der Waals surface area contributed by atoms with Crippen LogP contribution in [0.25, 0.3) is 0 Å². The highest BCUT2D eigenvalue weighted by Gasteiger charge is 2.23. The number of hydrogen-bond donors (Lipinski definition) is 2. The van der Waals surface area contributed by atoms with Gasteiger partial charge in [0.2, 0.25) is 5.91 Å². The molecular weight excluding hydrogens is 254 g/mol. The molecule has 0 saturated carbocycles. The summed E-state index contributed by atoms with van der Waals surface area (Å²) in [7, 11) is 0. The first-order chi connectivity index (χ1) is 9.24. The van der Waals surface area contributed by atoms with Crippen molar-refractivity contribution in [2.75, 3.05) is 6.54 Å². The van der Waals surface area contributed by atoms with Gasteiger partial charge in [-0.15, -0.1) is 0 Å². The first-order valence-corrected chi connectivity index (χ1v) is 6.82. The van der Waals surface area contributed by atoms with E-state index in [2.05, 4.69) is 33.0 Å². The third-order valence-corrected chi connectivity index (χ3v) is 3.90. The molecule has 1 amide bonds. The minimum atomic E-state index is -1.00. The number of carbonyl (C=O) groups is 2. The lowest BCUT2D eigenvalue weighted by Crippen LogP contribution is -2.37. The maximum atomic E-state index is 12.0. The Labute approximate surface area is 120 Å². The van der Waals surface area contributed by atoms with Crippen LogP contribution in [0.3, 0.4) is 0 Å². The Morgan fingerprint density at radius 1 is 1.25 bits per heavy atom. The molecule has 110 valence electrons. The molecule has 0 spiro atoms. The molecule has 0 fully saturated rings. The molecule has 2 N–H and O–H groups in total. The third kappa shape index (κ3) is 4.37. The van der Waals surface area contributed by atoms with Crippen LogP contribution in [0.4, 0.5) is 0 Å². The van der Waals surface area contributed by atoms with Crippen molar-refractivity contribution in [3.63, 3.8) is 0 Å². The van der Waals surface area contributed by atoms with E-state index in [0.717, 1.165) is 0 Å². The van der Waals surface area contributed by atoms with Crippen molar-refractivity contribution >= 4 is 11.9 Å². The van der Waals surface area contributed by atoms with Gasteiger partial charge in [-0.2, -0.15) is 0 Å². The van der Waals surface area contributed by atoms with Crippen LogP contribution in [0.5, 0.6) is 0 Å². The Morgan fingerprint density at radius 3 is 2.40 bits per heavy atom. The first-order valence-electron chi connectivity index (χ1n) is 6.82.